The molecule has 0 aromatic carbocycles. The van der Waals surface area contributed by atoms with Crippen molar-refractivity contribution in [2.75, 3.05) is 0 Å². The van der Waals surface area contributed by atoms with Crippen LogP contribution in [0.25, 0.3) is 0 Å². The Labute approximate surface area is 85.1 Å². The summed E-state index contributed by atoms with van der Waals surface area (Å²) in [7, 11) is 0. The first-order valence-corrected chi connectivity index (χ1v) is 4.60. The van der Waals surface area contributed by atoms with Crippen LogP contribution in [0.5, 0.6) is 0 Å². The highest BCUT2D eigenvalue weighted by molar-refractivity contribution is 5.85. The molecule has 0 saturated heterocycles. The summed E-state index contributed by atoms with van der Waals surface area (Å²) in [5.74, 6) is -0.642. The van der Waals surface area contributed by atoms with Crippen molar-refractivity contribution < 1.29 is 9.90 Å². The van der Waals surface area contributed by atoms with Crippen molar-refractivity contribution in [1.82, 2.24) is 0 Å². The monoisotopic (exact) mass is 207 g/mol. The molecule has 0 aromatic heterocycles. The first-order valence-electron chi connectivity index (χ1n) is 4.60. The molecule has 0 bridgehead atoms. The van der Waals surface area contributed by atoms with Crippen LogP contribution in [0.4, 0.5) is 0 Å². The molecule has 0 heterocycles. The number of hydrogen-bond donors (Lipinski definition) is 2. The summed E-state index contributed by atoms with van der Waals surface area (Å²) >= 11 is 0. The third-order valence-electron chi connectivity index (χ3n) is 3.12. The molecule has 3 N–H and O–H groups in total. The minimum Gasteiger partial charge on any atom is -0.481 e. The van der Waals surface area contributed by atoms with Gasteiger partial charge in [0.05, 0.1) is 5.41 Å². The van der Waals surface area contributed by atoms with Gasteiger partial charge in [-0.15, -0.1) is 12.4 Å². The Hall–Kier alpha value is -0.280. The lowest BCUT2D eigenvalue weighted by Gasteiger charge is -2.34. The van der Waals surface area contributed by atoms with Crippen LogP contribution in [0.2, 0.25) is 0 Å². The zero-order valence-corrected chi connectivity index (χ0v) is 8.77. The Morgan fingerprint density at radius 3 is 2.31 bits per heavy atom. The van der Waals surface area contributed by atoms with Crippen LogP contribution in [-0.2, 0) is 4.79 Å². The predicted octanol–water partition coefficient (Wildman–Crippen LogP) is 1.79. The zero-order chi connectivity index (χ0) is 9.19. The fraction of sp³-hybridized carbons (Fsp3) is 0.889. The fourth-order valence-corrected chi connectivity index (χ4v) is 1.91. The summed E-state index contributed by atoms with van der Waals surface area (Å²) in [5.41, 5.74) is 5.26. The molecule has 4 heteroatoms. The molecule has 1 aliphatic carbocycles. The molecule has 0 spiro atoms. The van der Waals surface area contributed by atoms with Crippen LogP contribution in [0.15, 0.2) is 0 Å². The molecule has 0 unspecified atom stereocenters. The van der Waals surface area contributed by atoms with E-state index in [1.807, 2.05) is 6.92 Å². The molecule has 0 aliphatic heterocycles. The van der Waals surface area contributed by atoms with E-state index in [2.05, 4.69) is 0 Å². The smallest absolute Gasteiger partial charge is 0.309 e. The SMILES string of the molecule is CC[C@]1(C(=O)O)CC[C@@H](N)CC1.Cl. The second-order valence-corrected chi connectivity index (χ2v) is 3.78. The minimum atomic E-state index is -0.642. The first-order chi connectivity index (χ1) is 5.60. The van der Waals surface area contributed by atoms with Gasteiger partial charge in [-0.1, -0.05) is 6.92 Å². The van der Waals surface area contributed by atoms with Gasteiger partial charge in [0.2, 0.25) is 0 Å². The van der Waals surface area contributed by atoms with Crippen LogP contribution in [0.1, 0.15) is 39.0 Å². The number of carboxylic acid groups (broad SMARTS) is 1. The molecule has 1 rings (SSSR count). The second-order valence-electron chi connectivity index (χ2n) is 3.78. The summed E-state index contributed by atoms with van der Waals surface area (Å²) in [6.45, 7) is 1.95. The van der Waals surface area contributed by atoms with Crippen molar-refractivity contribution in [3.05, 3.63) is 0 Å². The van der Waals surface area contributed by atoms with Gasteiger partial charge in [0.15, 0.2) is 0 Å². The lowest BCUT2D eigenvalue weighted by atomic mass is 9.71. The normalized spacial score (nSPS) is 33.5. The molecule has 0 aromatic rings. The van der Waals surface area contributed by atoms with Crippen LogP contribution < -0.4 is 5.73 Å². The Kier molecular flexibility index (Phi) is 4.71. The Balaban J connectivity index is 0.00000144. The van der Waals surface area contributed by atoms with Crippen LogP contribution in [0.3, 0.4) is 0 Å². The minimum absolute atomic E-state index is 0. The highest BCUT2D eigenvalue weighted by Crippen LogP contribution is 2.38. The average Bonchev–Trinajstić information content (AvgIpc) is 2.06. The Morgan fingerprint density at radius 2 is 2.00 bits per heavy atom. The fourth-order valence-electron chi connectivity index (χ4n) is 1.91. The number of hydrogen-bond acceptors (Lipinski definition) is 2. The number of carboxylic acids is 1. The molecule has 78 valence electrons. The van der Waals surface area contributed by atoms with E-state index in [-0.39, 0.29) is 18.4 Å². The van der Waals surface area contributed by atoms with Gasteiger partial charge in [0.1, 0.15) is 0 Å². The van der Waals surface area contributed by atoms with Gasteiger partial charge >= 0.3 is 5.97 Å². The van der Waals surface area contributed by atoms with Crippen molar-refractivity contribution in [2.45, 2.75) is 45.1 Å². The van der Waals surface area contributed by atoms with Gasteiger partial charge in [0, 0.05) is 6.04 Å². The molecule has 1 saturated carbocycles. The molecule has 3 nitrogen and oxygen atoms in total. The molecule has 1 aliphatic rings. The maximum absolute atomic E-state index is 11.0. The molecule has 0 atom stereocenters. The van der Waals surface area contributed by atoms with E-state index < -0.39 is 11.4 Å². The van der Waals surface area contributed by atoms with E-state index in [1.165, 1.54) is 0 Å². The average molecular weight is 208 g/mol. The molecule has 1 fully saturated rings. The third-order valence-corrected chi connectivity index (χ3v) is 3.12. The summed E-state index contributed by atoms with van der Waals surface area (Å²) < 4.78 is 0. The summed E-state index contributed by atoms with van der Waals surface area (Å²) in [4.78, 5) is 11.0. The Morgan fingerprint density at radius 1 is 1.54 bits per heavy atom. The van der Waals surface area contributed by atoms with E-state index >= 15 is 0 Å². The Bertz CT molecular complexity index is 176. The number of rotatable bonds is 2. The lowest BCUT2D eigenvalue weighted by Crippen LogP contribution is -2.38. The number of aliphatic carboxylic acids is 1. The number of nitrogens with two attached hydrogens (primary N) is 1. The van der Waals surface area contributed by atoms with Gasteiger partial charge < -0.3 is 10.8 Å². The maximum atomic E-state index is 11.0. The van der Waals surface area contributed by atoms with E-state index in [0.717, 1.165) is 32.1 Å². The molecule has 13 heavy (non-hydrogen) atoms. The van der Waals surface area contributed by atoms with E-state index in [0.29, 0.717) is 0 Å². The van der Waals surface area contributed by atoms with Gasteiger partial charge in [-0.05, 0) is 32.1 Å². The summed E-state index contributed by atoms with van der Waals surface area (Å²) in [5, 5.41) is 9.03. The van der Waals surface area contributed by atoms with Gasteiger partial charge in [-0.25, -0.2) is 0 Å². The van der Waals surface area contributed by atoms with Crippen molar-refractivity contribution in [3.63, 3.8) is 0 Å². The van der Waals surface area contributed by atoms with Crippen molar-refractivity contribution in [1.29, 1.82) is 0 Å². The van der Waals surface area contributed by atoms with E-state index in [9.17, 15) is 4.79 Å². The number of halogens is 1. The highest BCUT2D eigenvalue weighted by atomic mass is 35.5. The van der Waals surface area contributed by atoms with Crippen LogP contribution in [-0.4, -0.2) is 17.1 Å². The largest absolute Gasteiger partial charge is 0.481 e. The zero-order valence-electron chi connectivity index (χ0n) is 7.95. The highest BCUT2D eigenvalue weighted by Gasteiger charge is 2.39. The molecule has 0 amide bonds. The molecule has 0 radical (unpaired) electrons. The summed E-state index contributed by atoms with van der Waals surface area (Å²) in [6, 6.07) is 0.226. The topological polar surface area (TPSA) is 63.3 Å². The second kappa shape index (κ2) is 4.82. The van der Waals surface area contributed by atoms with Gasteiger partial charge in [0.25, 0.3) is 0 Å². The first kappa shape index (κ1) is 12.7. The maximum Gasteiger partial charge on any atom is 0.309 e. The van der Waals surface area contributed by atoms with Gasteiger partial charge in [-0.3, -0.25) is 4.79 Å². The van der Waals surface area contributed by atoms with E-state index in [1.54, 1.807) is 0 Å². The lowest BCUT2D eigenvalue weighted by molar-refractivity contribution is -0.151. The van der Waals surface area contributed by atoms with Crippen molar-refractivity contribution in [2.24, 2.45) is 11.1 Å². The van der Waals surface area contributed by atoms with Crippen molar-refractivity contribution in [3.8, 4) is 0 Å². The third kappa shape index (κ3) is 2.58. The standard InChI is InChI=1S/C9H17NO2.ClH/c1-2-9(8(11)12)5-3-7(10)4-6-9;/h7H,2-6,10H2,1H3,(H,11,12);1H/t7-,9+;. The van der Waals surface area contributed by atoms with Crippen LogP contribution >= 0.6 is 12.4 Å². The van der Waals surface area contributed by atoms with Crippen molar-refractivity contribution >= 4 is 18.4 Å². The van der Waals surface area contributed by atoms with Crippen LogP contribution in [0, 0.1) is 5.41 Å². The molecular weight excluding hydrogens is 190 g/mol. The summed E-state index contributed by atoms with van der Waals surface area (Å²) in [6.07, 6.45) is 3.95. The quantitative estimate of drug-likeness (QED) is 0.726. The predicted molar refractivity (Wildman–Crippen MR) is 54.1 cm³/mol. The van der Waals surface area contributed by atoms with E-state index in [4.69, 9.17) is 10.8 Å². The van der Waals surface area contributed by atoms with Gasteiger partial charge in [-0.2, -0.15) is 0 Å². The number of carbonyl (C=O) groups is 1. The molecular formula is C9H18ClNO2.